The minimum absolute atomic E-state index is 0.0846. The third-order valence-electron chi connectivity index (χ3n) is 6.59. The molecule has 1 aliphatic carbocycles. The number of rotatable bonds is 6. The van der Waals surface area contributed by atoms with E-state index in [2.05, 4.69) is 0 Å². The fourth-order valence-corrected chi connectivity index (χ4v) is 5.08. The van der Waals surface area contributed by atoms with Crippen LogP contribution in [0.25, 0.3) is 0 Å². The molecule has 2 heterocycles. The summed E-state index contributed by atoms with van der Waals surface area (Å²) in [5.41, 5.74) is -0.974. The first-order chi connectivity index (χ1) is 16.7. The molecule has 0 aromatic carbocycles. The highest BCUT2D eigenvalue weighted by Crippen LogP contribution is 2.41. The predicted molar refractivity (Wildman–Crippen MR) is 128 cm³/mol. The number of amides is 1. The Kier molecular flexibility index (Phi) is 9.90. The Bertz CT molecular complexity index is 1020. The number of alkyl halides is 3. The van der Waals surface area contributed by atoms with Gasteiger partial charge in [-0.15, -0.1) is 11.3 Å². The van der Waals surface area contributed by atoms with Gasteiger partial charge in [0.2, 0.25) is 0 Å². The van der Waals surface area contributed by atoms with Gasteiger partial charge < -0.3 is 20.2 Å². The van der Waals surface area contributed by atoms with Crippen LogP contribution in [0.1, 0.15) is 51.3 Å². The molecule has 1 aromatic rings. The van der Waals surface area contributed by atoms with E-state index in [-0.39, 0.29) is 36.3 Å². The Balaban J connectivity index is 0.000000346. The number of hydrogen-bond acceptors (Lipinski definition) is 5. The van der Waals surface area contributed by atoms with Crippen molar-refractivity contribution in [2.45, 2.75) is 65.2 Å². The van der Waals surface area contributed by atoms with Crippen molar-refractivity contribution in [2.75, 3.05) is 13.1 Å². The second-order valence-electron chi connectivity index (χ2n) is 9.26. The average Bonchev–Trinajstić information content (AvgIpc) is 3.32. The highest BCUT2D eigenvalue weighted by atomic mass is 32.1. The third-order valence-corrected chi connectivity index (χ3v) is 7.53. The maximum atomic E-state index is 12.9. The molecule has 200 valence electrons. The molecule has 3 N–H and O–H groups in total. The van der Waals surface area contributed by atoms with Gasteiger partial charge in [0, 0.05) is 24.4 Å². The van der Waals surface area contributed by atoms with E-state index >= 15 is 0 Å². The van der Waals surface area contributed by atoms with E-state index in [1.165, 1.54) is 17.4 Å². The summed E-state index contributed by atoms with van der Waals surface area (Å²) in [5, 5.41) is 30.8. The normalized spacial score (nSPS) is 24.5. The van der Waals surface area contributed by atoms with E-state index in [0.29, 0.717) is 25.1 Å². The van der Waals surface area contributed by atoms with E-state index in [4.69, 9.17) is 0 Å². The van der Waals surface area contributed by atoms with Crippen LogP contribution in [0.5, 0.6) is 0 Å². The van der Waals surface area contributed by atoms with Crippen LogP contribution in [0, 0.1) is 11.3 Å². The van der Waals surface area contributed by atoms with Gasteiger partial charge in [0.1, 0.15) is 0 Å². The Hall–Kier alpha value is -2.66. The highest BCUT2D eigenvalue weighted by molar-refractivity contribution is 7.09. The summed E-state index contributed by atoms with van der Waals surface area (Å²) in [4.78, 5) is 38.7. The van der Waals surface area contributed by atoms with Crippen molar-refractivity contribution >= 4 is 29.2 Å². The maximum absolute atomic E-state index is 12.9. The average molecular weight is 532 g/mol. The maximum Gasteiger partial charge on any atom is 0.389 e. The fraction of sp³-hybridized carbons (Fsp3) is 0.560. The van der Waals surface area contributed by atoms with Crippen molar-refractivity contribution in [3.8, 4) is 0 Å². The van der Waals surface area contributed by atoms with Gasteiger partial charge in [0.25, 0.3) is 5.91 Å². The van der Waals surface area contributed by atoms with Crippen molar-refractivity contribution in [3.63, 3.8) is 0 Å². The molecule has 0 saturated carbocycles. The number of aliphatic hydroxyl groups is 1. The van der Waals surface area contributed by atoms with E-state index in [1.807, 2.05) is 6.92 Å². The fourth-order valence-electron chi connectivity index (χ4n) is 4.37. The van der Waals surface area contributed by atoms with Gasteiger partial charge >= 0.3 is 18.1 Å². The zero-order valence-corrected chi connectivity index (χ0v) is 21.3. The van der Waals surface area contributed by atoms with E-state index in [1.54, 1.807) is 36.3 Å². The number of nitrogens with zero attached hydrogens (tertiary/aromatic N) is 1. The number of piperidine rings is 1. The minimum Gasteiger partial charge on any atom is -0.481 e. The Morgan fingerprint density at radius 1 is 1.25 bits per heavy atom. The number of hydrogen-bond donors (Lipinski definition) is 3. The number of carbonyl (C=O) groups excluding carboxylic acids is 1. The van der Waals surface area contributed by atoms with Crippen LogP contribution in [0.3, 0.4) is 0 Å². The summed E-state index contributed by atoms with van der Waals surface area (Å²) in [6.07, 6.45) is -3.11. The van der Waals surface area contributed by atoms with Gasteiger partial charge in [-0.2, -0.15) is 13.2 Å². The third kappa shape index (κ3) is 7.42. The topological polar surface area (TPSA) is 115 Å². The minimum atomic E-state index is -4.02. The molecule has 2 aliphatic rings. The zero-order valence-electron chi connectivity index (χ0n) is 20.5. The van der Waals surface area contributed by atoms with Crippen LogP contribution in [0.2, 0.25) is 0 Å². The molecule has 3 atom stereocenters. The van der Waals surface area contributed by atoms with Crippen molar-refractivity contribution in [2.24, 2.45) is 11.3 Å². The smallest absolute Gasteiger partial charge is 0.389 e. The van der Waals surface area contributed by atoms with Crippen LogP contribution in [0.15, 0.2) is 40.3 Å². The van der Waals surface area contributed by atoms with Crippen molar-refractivity contribution in [1.29, 1.82) is 0 Å². The van der Waals surface area contributed by atoms with E-state index in [0.717, 1.165) is 4.88 Å². The standard InChI is InChI=1S/C18H25NO6.C7H7F3S/c1-4-18(17(24)25)7-10(2)14(12(8-18)16(22)23)15(21)19-6-5-13(20)11(3)9-19;8-7(9,10)4-3-6-2-1-5-11-6/h7,11,13,20H,4-6,8-9H2,1-3H3,(H,22,23)(H,24,25);1-2,5H,3-4H2. The molecule has 11 heteroatoms. The molecule has 7 nitrogen and oxygen atoms in total. The second kappa shape index (κ2) is 12.1. The lowest BCUT2D eigenvalue weighted by molar-refractivity contribution is -0.147. The zero-order chi connectivity index (χ0) is 27.3. The number of carbonyl (C=O) groups is 3. The van der Waals surface area contributed by atoms with Crippen LogP contribution in [0.4, 0.5) is 13.2 Å². The Labute approximate surface area is 211 Å². The first kappa shape index (κ1) is 29.6. The first-order valence-electron chi connectivity index (χ1n) is 11.7. The molecule has 1 fully saturated rings. The molecular formula is C25H32F3NO6S. The molecule has 36 heavy (non-hydrogen) atoms. The highest BCUT2D eigenvalue weighted by Gasteiger charge is 2.43. The quantitative estimate of drug-likeness (QED) is 0.492. The Morgan fingerprint density at radius 2 is 1.92 bits per heavy atom. The number of aliphatic hydroxyl groups excluding tert-OH is 1. The van der Waals surface area contributed by atoms with Gasteiger partial charge in [0.05, 0.1) is 22.7 Å². The second-order valence-corrected chi connectivity index (χ2v) is 10.3. The monoisotopic (exact) mass is 531 g/mol. The SMILES string of the molecule is CCC1(C(=O)O)C=C(C)C(C(=O)N2CCC(O)C(C)C2)=C(C(=O)O)C1.FC(F)(F)CCc1cccs1. The lowest BCUT2D eigenvalue weighted by atomic mass is 9.71. The summed E-state index contributed by atoms with van der Waals surface area (Å²) >= 11 is 1.36. The number of thiophene rings is 1. The lowest BCUT2D eigenvalue weighted by Crippen LogP contribution is -2.46. The summed E-state index contributed by atoms with van der Waals surface area (Å²) in [7, 11) is 0. The van der Waals surface area contributed by atoms with Crippen LogP contribution >= 0.6 is 11.3 Å². The molecule has 0 radical (unpaired) electrons. The summed E-state index contributed by atoms with van der Waals surface area (Å²) in [6.45, 7) is 5.82. The van der Waals surface area contributed by atoms with Crippen molar-refractivity contribution in [1.82, 2.24) is 4.90 Å². The van der Waals surface area contributed by atoms with Crippen molar-refractivity contribution in [3.05, 3.63) is 45.2 Å². The number of likely N-dealkylation sites (tertiary alicyclic amines) is 1. The molecule has 1 saturated heterocycles. The van der Waals surface area contributed by atoms with Gasteiger partial charge in [-0.1, -0.05) is 26.0 Å². The molecule has 0 spiro atoms. The van der Waals surface area contributed by atoms with Gasteiger partial charge in [-0.05, 0) is 55.5 Å². The van der Waals surface area contributed by atoms with E-state index < -0.39 is 42.0 Å². The number of aryl methyl sites for hydroxylation is 1. The molecule has 3 rings (SSSR count). The van der Waals surface area contributed by atoms with Crippen LogP contribution < -0.4 is 0 Å². The predicted octanol–water partition coefficient (Wildman–Crippen LogP) is 4.67. The van der Waals surface area contributed by atoms with Gasteiger partial charge in [0.15, 0.2) is 0 Å². The summed E-state index contributed by atoms with van der Waals surface area (Å²) < 4.78 is 35.0. The number of carboxylic acid groups (broad SMARTS) is 2. The molecule has 0 bridgehead atoms. The number of halogens is 3. The molecule has 1 amide bonds. The molecule has 1 aliphatic heterocycles. The van der Waals surface area contributed by atoms with Crippen LogP contribution in [-0.2, 0) is 20.8 Å². The van der Waals surface area contributed by atoms with E-state index in [9.17, 15) is 42.9 Å². The number of carboxylic acids is 2. The summed E-state index contributed by atoms with van der Waals surface area (Å²) in [6, 6.07) is 3.48. The molecule has 3 unspecified atom stereocenters. The summed E-state index contributed by atoms with van der Waals surface area (Å²) in [5.74, 6) is -2.84. The Morgan fingerprint density at radius 3 is 2.39 bits per heavy atom. The van der Waals surface area contributed by atoms with Gasteiger partial charge in [-0.3, -0.25) is 9.59 Å². The molecule has 1 aromatic heterocycles. The van der Waals surface area contributed by atoms with Crippen LogP contribution in [-0.4, -0.2) is 63.4 Å². The van der Waals surface area contributed by atoms with Gasteiger partial charge in [-0.25, -0.2) is 4.79 Å². The number of aliphatic carboxylic acids is 2. The lowest BCUT2D eigenvalue weighted by Gasteiger charge is -2.37. The first-order valence-corrected chi connectivity index (χ1v) is 12.5. The molecular weight excluding hydrogens is 499 g/mol. The largest absolute Gasteiger partial charge is 0.481 e. The van der Waals surface area contributed by atoms with Crippen molar-refractivity contribution < 1.29 is 42.9 Å².